The van der Waals surface area contributed by atoms with Crippen molar-refractivity contribution in [3.05, 3.63) is 34.1 Å². The Morgan fingerprint density at radius 1 is 1.65 bits per heavy atom. The highest BCUT2D eigenvalue weighted by atomic mass is 32.1. The minimum Gasteiger partial charge on any atom is -0.343 e. The van der Waals surface area contributed by atoms with Crippen molar-refractivity contribution in [1.82, 2.24) is 20.8 Å². The van der Waals surface area contributed by atoms with E-state index in [1.807, 2.05) is 23.8 Å². The molecule has 0 spiro atoms. The van der Waals surface area contributed by atoms with Gasteiger partial charge in [0.25, 0.3) is 11.7 Å². The number of aromatic nitrogens is 2. The molecule has 1 aliphatic heterocycles. The fraction of sp³-hybridized carbons (Fsp3) is 0.462. The molecule has 3 rings (SSSR count). The van der Waals surface area contributed by atoms with Crippen molar-refractivity contribution >= 4 is 17.2 Å². The van der Waals surface area contributed by atoms with E-state index in [-0.39, 0.29) is 23.8 Å². The zero-order valence-corrected chi connectivity index (χ0v) is 11.9. The van der Waals surface area contributed by atoms with E-state index in [4.69, 9.17) is 4.52 Å². The Balaban J connectivity index is 1.65. The molecule has 1 fully saturated rings. The minimum atomic E-state index is -0.309. The summed E-state index contributed by atoms with van der Waals surface area (Å²) in [5, 5.41) is 13.9. The molecule has 6 nitrogen and oxygen atoms in total. The summed E-state index contributed by atoms with van der Waals surface area (Å²) in [5.41, 5.74) is 1.07. The first-order chi connectivity index (χ1) is 9.74. The van der Waals surface area contributed by atoms with Crippen LogP contribution in [-0.2, 0) is 0 Å². The van der Waals surface area contributed by atoms with Crippen LogP contribution in [0.3, 0.4) is 0 Å². The molecule has 7 heteroatoms. The quantitative estimate of drug-likeness (QED) is 0.901. The van der Waals surface area contributed by atoms with Gasteiger partial charge in [0.05, 0.1) is 12.1 Å². The van der Waals surface area contributed by atoms with Crippen LogP contribution in [0, 0.1) is 0 Å². The van der Waals surface area contributed by atoms with Gasteiger partial charge in [-0.1, -0.05) is 5.16 Å². The van der Waals surface area contributed by atoms with Crippen molar-refractivity contribution in [1.29, 1.82) is 0 Å². The number of carbonyl (C=O) groups excluding carboxylic acids is 1. The van der Waals surface area contributed by atoms with Crippen LogP contribution < -0.4 is 10.6 Å². The maximum atomic E-state index is 12.1. The highest BCUT2D eigenvalue weighted by Gasteiger charge is 2.24. The molecule has 1 saturated heterocycles. The zero-order chi connectivity index (χ0) is 13.9. The molecule has 1 aliphatic rings. The Morgan fingerprint density at radius 2 is 2.55 bits per heavy atom. The highest BCUT2D eigenvalue weighted by Crippen LogP contribution is 2.21. The number of nitrogens with zero attached hydrogens (tertiary/aromatic N) is 2. The van der Waals surface area contributed by atoms with Crippen LogP contribution >= 0.6 is 11.3 Å². The average Bonchev–Trinajstić information content (AvgIpc) is 3.19. The number of rotatable bonds is 4. The average molecular weight is 292 g/mol. The largest absolute Gasteiger partial charge is 0.343 e. The molecule has 0 saturated carbocycles. The lowest BCUT2D eigenvalue weighted by molar-refractivity contribution is 0.0926. The van der Waals surface area contributed by atoms with Crippen molar-refractivity contribution in [3.8, 4) is 0 Å². The van der Waals surface area contributed by atoms with Crippen LogP contribution in [0.25, 0.3) is 0 Å². The van der Waals surface area contributed by atoms with E-state index in [0.717, 1.165) is 24.9 Å². The lowest BCUT2D eigenvalue weighted by atomic mass is 10.2. The molecule has 0 bridgehead atoms. The highest BCUT2D eigenvalue weighted by molar-refractivity contribution is 7.07. The molecule has 2 N–H and O–H groups in total. The molecule has 2 aromatic rings. The van der Waals surface area contributed by atoms with Crippen LogP contribution in [0.4, 0.5) is 0 Å². The predicted octanol–water partition coefficient (Wildman–Crippen LogP) is 2.05. The van der Waals surface area contributed by atoms with Crippen LogP contribution in [0.2, 0.25) is 0 Å². The minimum absolute atomic E-state index is 0.0692. The lowest BCUT2D eigenvalue weighted by Gasteiger charge is -2.10. The first-order valence-corrected chi connectivity index (χ1v) is 7.58. The summed E-state index contributed by atoms with van der Waals surface area (Å²) in [4.78, 5) is 16.2. The summed E-state index contributed by atoms with van der Waals surface area (Å²) in [7, 11) is 0. The van der Waals surface area contributed by atoms with Gasteiger partial charge in [0.2, 0.25) is 5.89 Å². The fourth-order valence-corrected chi connectivity index (χ4v) is 2.98. The van der Waals surface area contributed by atoms with Gasteiger partial charge in [-0.15, -0.1) is 0 Å². The Labute approximate surface area is 120 Å². The molecule has 1 amide bonds. The second-order valence-corrected chi connectivity index (χ2v) is 5.64. The summed E-state index contributed by atoms with van der Waals surface area (Å²) < 4.78 is 5.16. The van der Waals surface area contributed by atoms with Crippen LogP contribution in [0.1, 0.15) is 53.9 Å². The number of carbonyl (C=O) groups is 1. The topological polar surface area (TPSA) is 80.0 Å². The molecule has 2 aromatic heterocycles. The van der Waals surface area contributed by atoms with Crippen molar-refractivity contribution in [2.24, 2.45) is 0 Å². The third kappa shape index (κ3) is 2.73. The third-order valence-electron chi connectivity index (χ3n) is 3.39. The summed E-state index contributed by atoms with van der Waals surface area (Å²) in [6.45, 7) is 2.88. The standard InChI is InChI=1S/C13H16N4O2S/c1-8(9-4-6-20-7-9)15-12(18)11-16-13(19-17-11)10-3-2-5-14-10/h4,6-8,10,14H,2-3,5H2,1H3,(H,15,18). The van der Waals surface area contributed by atoms with E-state index in [0.29, 0.717) is 5.89 Å². The third-order valence-corrected chi connectivity index (χ3v) is 4.10. The Hall–Kier alpha value is -1.73. The number of hydrogen-bond acceptors (Lipinski definition) is 6. The molecule has 2 unspecified atom stereocenters. The van der Waals surface area contributed by atoms with Gasteiger partial charge in [-0.2, -0.15) is 16.3 Å². The maximum Gasteiger partial charge on any atom is 0.293 e. The van der Waals surface area contributed by atoms with E-state index < -0.39 is 0 Å². The van der Waals surface area contributed by atoms with Crippen LogP contribution in [-0.4, -0.2) is 22.6 Å². The zero-order valence-electron chi connectivity index (χ0n) is 11.1. The van der Waals surface area contributed by atoms with Crippen LogP contribution in [0.5, 0.6) is 0 Å². The molecule has 3 heterocycles. The van der Waals surface area contributed by atoms with Crippen molar-refractivity contribution in [2.75, 3.05) is 6.54 Å². The van der Waals surface area contributed by atoms with E-state index >= 15 is 0 Å². The molecule has 20 heavy (non-hydrogen) atoms. The number of nitrogens with one attached hydrogen (secondary N) is 2. The van der Waals surface area contributed by atoms with Crippen molar-refractivity contribution < 1.29 is 9.32 Å². The molecular formula is C13H16N4O2S. The van der Waals surface area contributed by atoms with E-state index in [9.17, 15) is 4.79 Å². The molecule has 0 aliphatic carbocycles. The molecular weight excluding hydrogens is 276 g/mol. The predicted molar refractivity (Wildman–Crippen MR) is 74.5 cm³/mol. The first kappa shape index (κ1) is 13.3. The van der Waals surface area contributed by atoms with E-state index in [1.165, 1.54) is 0 Å². The molecule has 106 valence electrons. The Bertz CT molecular complexity index is 575. The SMILES string of the molecule is CC(NC(=O)c1noc(C2CCCN2)n1)c1ccsc1. The second-order valence-electron chi connectivity index (χ2n) is 4.86. The number of thiophene rings is 1. The van der Waals surface area contributed by atoms with E-state index in [1.54, 1.807) is 11.3 Å². The summed E-state index contributed by atoms with van der Waals surface area (Å²) in [6, 6.07) is 2.00. The molecule has 2 atom stereocenters. The number of hydrogen-bond donors (Lipinski definition) is 2. The van der Waals surface area contributed by atoms with Gasteiger partial charge in [-0.05, 0) is 48.7 Å². The second kappa shape index (κ2) is 5.72. The number of amides is 1. The van der Waals surface area contributed by atoms with Gasteiger partial charge < -0.3 is 15.2 Å². The molecule has 0 aromatic carbocycles. The van der Waals surface area contributed by atoms with Gasteiger partial charge in [-0.3, -0.25) is 4.79 Å². The Morgan fingerprint density at radius 3 is 3.25 bits per heavy atom. The maximum absolute atomic E-state index is 12.1. The van der Waals surface area contributed by atoms with E-state index in [2.05, 4.69) is 20.8 Å². The van der Waals surface area contributed by atoms with Gasteiger partial charge in [0.1, 0.15) is 0 Å². The fourth-order valence-electron chi connectivity index (χ4n) is 2.23. The Kier molecular flexibility index (Phi) is 3.79. The summed E-state index contributed by atoms with van der Waals surface area (Å²) >= 11 is 1.60. The van der Waals surface area contributed by atoms with Gasteiger partial charge in [0, 0.05) is 0 Å². The monoisotopic (exact) mass is 292 g/mol. The summed E-state index contributed by atoms with van der Waals surface area (Å²) in [6.07, 6.45) is 2.05. The van der Waals surface area contributed by atoms with Gasteiger partial charge in [0.15, 0.2) is 0 Å². The first-order valence-electron chi connectivity index (χ1n) is 6.64. The lowest BCUT2D eigenvalue weighted by Crippen LogP contribution is -2.27. The van der Waals surface area contributed by atoms with Gasteiger partial charge in [-0.25, -0.2) is 0 Å². The molecule has 0 radical (unpaired) electrons. The van der Waals surface area contributed by atoms with Crippen molar-refractivity contribution in [3.63, 3.8) is 0 Å². The smallest absolute Gasteiger partial charge is 0.293 e. The van der Waals surface area contributed by atoms with Crippen molar-refractivity contribution in [2.45, 2.75) is 31.8 Å². The normalized spacial score (nSPS) is 19.9. The summed E-state index contributed by atoms with van der Waals surface area (Å²) in [5.74, 6) is 0.281. The van der Waals surface area contributed by atoms with Gasteiger partial charge >= 0.3 is 0 Å². The van der Waals surface area contributed by atoms with Crippen LogP contribution in [0.15, 0.2) is 21.3 Å².